The molecule has 164 valence electrons. The van der Waals surface area contributed by atoms with Crippen LogP contribution >= 0.6 is 0 Å². The minimum Gasteiger partial charge on any atom is -0.339 e. The first-order chi connectivity index (χ1) is 14.6. The number of rotatable bonds is 4. The number of hydrogen-bond acceptors (Lipinski definition) is 5. The predicted octanol–water partition coefficient (Wildman–Crippen LogP) is 4.63. The van der Waals surface area contributed by atoms with Crippen LogP contribution in [0.2, 0.25) is 0 Å². The molecule has 1 aliphatic rings. The second-order valence-electron chi connectivity index (χ2n) is 7.55. The highest BCUT2D eigenvalue weighted by atomic mass is 32.2. The van der Waals surface area contributed by atoms with Crippen LogP contribution in [0, 0.1) is 6.92 Å². The summed E-state index contributed by atoms with van der Waals surface area (Å²) in [5.74, 6) is 0.491. The lowest BCUT2D eigenvalue weighted by Crippen LogP contribution is -2.39. The molecule has 0 radical (unpaired) electrons. The minimum atomic E-state index is -4.52. The van der Waals surface area contributed by atoms with E-state index in [1.807, 2.05) is 31.2 Å². The molecule has 4 rings (SSSR count). The predicted molar refractivity (Wildman–Crippen MR) is 107 cm³/mol. The maximum absolute atomic E-state index is 13.0. The average molecular weight is 451 g/mol. The van der Waals surface area contributed by atoms with E-state index in [0.717, 1.165) is 35.4 Å². The summed E-state index contributed by atoms with van der Waals surface area (Å²) in [5, 5.41) is 4.01. The van der Waals surface area contributed by atoms with E-state index >= 15 is 0 Å². The zero-order valence-electron chi connectivity index (χ0n) is 16.6. The monoisotopic (exact) mass is 451 g/mol. The van der Waals surface area contributed by atoms with Gasteiger partial charge in [0.05, 0.1) is 16.4 Å². The Labute approximate surface area is 177 Å². The Morgan fingerprint density at radius 1 is 1.06 bits per heavy atom. The summed E-state index contributed by atoms with van der Waals surface area (Å²) < 4.78 is 70.9. The third-order valence-electron chi connectivity index (χ3n) is 5.30. The third kappa shape index (κ3) is 4.49. The molecule has 0 spiro atoms. The van der Waals surface area contributed by atoms with Gasteiger partial charge in [-0.05, 0) is 44.0 Å². The van der Waals surface area contributed by atoms with Gasteiger partial charge < -0.3 is 4.52 Å². The molecule has 0 bridgehead atoms. The van der Waals surface area contributed by atoms with Crippen molar-refractivity contribution in [3.05, 3.63) is 65.5 Å². The SMILES string of the molecule is Cc1ccc(-c2noc(C3CCCN(S(=O)(=O)c4ccc(C(F)(F)F)cc4)C3)n2)cc1. The lowest BCUT2D eigenvalue weighted by molar-refractivity contribution is -0.137. The molecule has 0 N–H and O–H groups in total. The van der Waals surface area contributed by atoms with Crippen molar-refractivity contribution in [3.63, 3.8) is 0 Å². The fourth-order valence-corrected chi connectivity index (χ4v) is 5.07. The van der Waals surface area contributed by atoms with Gasteiger partial charge in [-0.15, -0.1) is 0 Å². The molecule has 10 heteroatoms. The van der Waals surface area contributed by atoms with Gasteiger partial charge >= 0.3 is 6.18 Å². The topological polar surface area (TPSA) is 76.3 Å². The quantitative estimate of drug-likeness (QED) is 0.578. The smallest absolute Gasteiger partial charge is 0.339 e. The summed E-state index contributed by atoms with van der Waals surface area (Å²) in [6.07, 6.45) is -3.27. The van der Waals surface area contributed by atoms with Gasteiger partial charge in [-0.1, -0.05) is 35.0 Å². The van der Waals surface area contributed by atoms with Gasteiger partial charge in [-0.3, -0.25) is 0 Å². The molecule has 6 nitrogen and oxygen atoms in total. The first-order valence-electron chi connectivity index (χ1n) is 9.72. The molecule has 2 aromatic carbocycles. The van der Waals surface area contributed by atoms with Gasteiger partial charge in [0.15, 0.2) is 0 Å². The highest BCUT2D eigenvalue weighted by Gasteiger charge is 2.35. The van der Waals surface area contributed by atoms with Crippen LogP contribution in [-0.4, -0.2) is 36.0 Å². The van der Waals surface area contributed by atoms with Crippen molar-refractivity contribution in [3.8, 4) is 11.4 Å². The summed E-state index contributed by atoms with van der Waals surface area (Å²) in [7, 11) is -3.94. The number of alkyl halides is 3. The van der Waals surface area contributed by atoms with Crippen LogP contribution in [0.5, 0.6) is 0 Å². The van der Waals surface area contributed by atoms with Crippen molar-refractivity contribution in [1.82, 2.24) is 14.4 Å². The second-order valence-corrected chi connectivity index (χ2v) is 9.48. The number of sulfonamides is 1. The Balaban J connectivity index is 1.52. The summed E-state index contributed by atoms with van der Waals surface area (Å²) in [6.45, 7) is 2.37. The van der Waals surface area contributed by atoms with Crippen LogP contribution in [0.1, 0.15) is 35.8 Å². The minimum absolute atomic E-state index is 0.124. The number of nitrogens with zero attached hydrogens (tertiary/aromatic N) is 3. The molecule has 1 fully saturated rings. The van der Waals surface area contributed by atoms with Crippen LogP contribution < -0.4 is 0 Å². The van der Waals surface area contributed by atoms with Gasteiger partial charge in [-0.2, -0.15) is 22.5 Å². The van der Waals surface area contributed by atoms with E-state index in [1.165, 1.54) is 4.31 Å². The molecule has 0 amide bonds. The van der Waals surface area contributed by atoms with Gasteiger partial charge in [0, 0.05) is 18.7 Å². The molecule has 31 heavy (non-hydrogen) atoms. The van der Waals surface area contributed by atoms with E-state index in [0.29, 0.717) is 24.6 Å². The molecular formula is C21H20F3N3O3S. The zero-order valence-corrected chi connectivity index (χ0v) is 17.4. The van der Waals surface area contributed by atoms with Crippen molar-refractivity contribution in [2.75, 3.05) is 13.1 Å². The number of halogens is 3. The standard InChI is InChI=1S/C21H20F3N3O3S/c1-14-4-6-15(7-5-14)19-25-20(30-26-19)16-3-2-12-27(13-16)31(28,29)18-10-8-17(9-11-18)21(22,23)24/h4-11,16H,2-3,12-13H2,1H3. The van der Waals surface area contributed by atoms with Crippen molar-refractivity contribution in [1.29, 1.82) is 0 Å². The third-order valence-corrected chi connectivity index (χ3v) is 7.18. The largest absolute Gasteiger partial charge is 0.416 e. The summed E-state index contributed by atoms with van der Waals surface area (Å²) >= 11 is 0. The van der Waals surface area contributed by atoms with Crippen LogP contribution in [0.15, 0.2) is 57.9 Å². The Bertz CT molecular complexity index is 1160. The summed E-state index contributed by atoms with van der Waals surface area (Å²) in [5.41, 5.74) is 1.01. The van der Waals surface area contributed by atoms with E-state index < -0.39 is 21.8 Å². The molecule has 1 atom stereocenters. The van der Waals surface area contributed by atoms with Gasteiger partial charge in [-0.25, -0.2) is 8.42 Å². The van der Waals surface area contributed by atoms with Crippen molar-refractivity contribution in [2.45, 2.75) is 36.8 Å². The Hall–Kier alpha value is -2.72. The van der Waals surface area contributed by atoms with E-state index in [1.54, 1.807) is 0 Å². The number of aromatic nitrogens is 2. The number of piperidine rings is 1. The van der Waals surface area contributed by atoms with Gasteiger partial charge in [0.2, 0.25) is 21.7 Å². The first kappa shape index (κ1) is 21.5. The van der Waals surface area contributed by atoms with Crippen molar-refractivity contribution in [2.24, 2.45) is 0 Å². The highest BCUT2D eigenvalue weighted by Crippen LogP contribution is 2.33. The highest BCUT2D eigenvalue weighted by molar-refractivity contribution is 7.89. The molecule has 1 unspecified atom stereocenters. The van der Waals surface area contributed by atoms with E-state index in [9.17, 15) is 21.6 Å². The van der Waals surface area contributed by atoms with E-state index in [4.69, 9.17) is 4.52 Å². The molecule has 0 saturated carbocycles. The number of aryl methyl sites for hydroxylation is 1. The van der Waals surface area contributed by atoms with E-state index in [-0.39, 0.29) is 23.9 Å². The molecular weight excluding hydrogens is 431 g/mol. The van der Waals surface area contributed by atoms with Crippen molar-refractivity contribution < 1.29 is 26.1 Å². The van der Waals surface area contributed by atoms with Gasteiger partial charge in [0.1, 0.15) is 0 Å². The Kier molecular flexibility index (Phi) is 5.61. The number of hydrogen-bond donors (Lipinski definition) is 0. The Morgan fingerprint density at radius 3 is 2.39 bits per heavy atom. The normalized spacial score (nSPS) is 18.3. The van der Waals surface area contributed by atoms with Gasteiger partial charge in [0.25, 0.3) is 0 Å². The molecule has 2 heterocycles. The maximum Gasteiger partial charge on any atom is 0.416 e. The molecule has 1 aliphatic heterocycles. The van der Waals surface area contributed by atoms with Crippen LogP contribution in [0.4, 0.5) is 13.2 Å². The Morgan fingerprint density at radius 2 is 1.74 bits per heavy atom. The second kappa shape index (κ2) is 8.08. The number of benzene rings is 2. The van der Waals surface area contributed by atoms with E-state index in [2.05, 4.69) is 10.1 Å². The van der Waals surface area contributed by atoms with Crippen LogP contribution in [-0.2, 0) is 16.2 Å². The summed E-state index contributed by atoms with van der Waals surface area (Å²) in [4.78, 5) is 4.26. The molecule has 3 aromatic rings. The lowest BCUT2D eigenvalue weighted by atomic mass is 10.00. The fourth-order valence-electron chi connectivity index (χ4n) is 3.55. The molecule has 0 aliphatic carbocycles. The average Bonchev–Trinajstić information content (AvgIpc) is 3.24. The zero-order chi connectivity index (χ0) is 22.2. The van der Waals surface area contributed by atoms with Crippen molar-refractivity contribution >= 4 is 10.0 Å². The lowest BCUT2D eigenvalue weighted by Gasteiger charge is -2.30. The molecule has 1 aromatic heterocycles. The fraction of sp³-hybridized carbons (Fsp3) is 0.333. The summed E-state index contributed by atoms with van der Waals surface area (Å²) in [6, 6.07) is 11.2. The molecule has 1 saturated heterocycles. The van der Waals surface area contributed by atoms with Crippen LogP contribution in [0.25, 0.3) is 11.4 Å². The van der Waals surface area contributed by atoms with Crippen LogP contribution in [0.3, 0.4) is 0 Å². The maximum atomic E-state index is 13.0. The first-order valence-corrected chi connectivity index (χ1v) is 11.2.